The molecular formula is C15H28N2O. The van der Waals surface area contributed by atoms with Gasteiger partial charge in [0.25, 0.3) is 0 Å². The highest BCUT2D eigenvalue weighted by molar-refractivity contribution is 5.78. The topological polar surface area (TPSA) is 41.1 Å². The van der Waals surface area contributed by atoms with Gasteiger partial charge in [0.15, 0.2) is 0 Å². The fraction of sp³-hybridized carbons (Fsp3) is 0.933. The van der Waals surface area contributed by atoms with Gasteiger partial charge in [-0.05, 0) is 43.9 Å². The van der Waals surface area contributed by atoms with Crippen molar-refractivity contribution in [3.63, 3.8) is 0 Å². The lowest BCUT2D eigenvalue weighted by Gasteiger charge is -2.32. The first-order valence-electron chi connectivity index (χ1n) is 7.68. The van der Waals surface area contributed by atoms with E-state index in [9.17, 15) is 4.79 Å². The van der Waals surface area contributed by atoms with Gasteiger partial charge in [-0.1, -0.05) is 26.7 Å². The van der Waals surface area contributed by atoms with E-state index in [-0.39, 0.29) is 5.91 Å². The van der Waals surface area contributed by atoms with Gasteiger partial charge in [0, 0.05) is 12.1 Å². The summed E-state index contributed by atoms with van der Waals surface area (Å²) in [4.78, 5) is 11.8. The van der Waals surface area contributed by atoms with Gasteiger partial charge in [0.1, 0.15) is 0 Å². The Morgan fingerprint density at radius 1 is 1.00 bits per heavy atom. The van der Waals surface area contributed by atoms with Crippen LogP contribution in [0.15, 0.2) is 0 Å². The number of nitrogens with one attached hydrogen (secondary N) is 2. The molecule has 0 radical (unpaired) electrons. The van der Waals surface area contributed by atoms with Crippen LogP contribution in [0.4, 0.5) is 0 Å². The molecule has 0 aromatic heterocycles. The molecule has 0 bridgehead atoms. The lowest BCUT2D eigenvalue weighted by molar-refractivity contribution is -0.121. The molecule has 3 nitrogen and oxygen atoms in total. The normalized spacial score (nSPS) is 33.6. The third-order valence-corrected chi connectivity index (χ3v) is 4.87. The highest BCUT2D eigenvalue weighted by atomic mass is 16.1. The van der Waals surface area contributed by atoms with Crippen molar-refractivity contribution in [3.05, 3.63) is 0 Å². The molecule has 0 spiro atoms. The van der Waals surface area contributed by atoms with Gasteiger partial charge in [-0.2, -0.15) is 0 Å². The molecule has 0 saturated heterocycles. The summed E-state index contributed by atoms with van der Waals surface area (Å²) in [6.07, 6.45) is 8.63. The van der Waals surface area contributed by atoms with Crippen LogP contribution in [0.5, 0.6) is 0 Å². The van der Waals surface area contributed by atoms with Crippen LogP contribution in [0.1, 0.15) is 58.8 Å². The molecule has 3 heteroatoms. The molecule has 2 aliphatic rings. The van der Waals surface area contributed by atoms with Crippen molar-refractivity contribution in [1.29, 1.82) is 0 Å². The molecule has 2 saturated carbocycles. The second-order valence-electron chi connectivity index (χ2n) is 6.39. The summed E-state index contributed by atoms with van der Waals surface area (Å²) in [5, 5.41) is 6.57. The van der Waals surface area contributed by atoms with Crippen LogP contribution in [0.25, 0.3) is 0 Å². The number of rotatable bonds is 4. The van der Waals surface area contributed by atoms with Crippen molar-refractivity contribution in [2.75, 3.05) is 6.54 Å². The molecular weight excluding hydrogens is 224 g/mol. The van der Waals surface area contributed by atoms with Crippen molar-refractivity contribution in [2.45, 2.75) is 70.9 Å². The molecule has 0 aromatic rings. The molecule has 0 aliphatic heterocycles. The zero-order valence-electron chi connectivity index (χ0n) is 11.9. The van der Waals surface area contributed by atoms with Crippen molar-refractivity contribution < 1.29 is 4.79 Å². The van der Waals surface area contributed by atoms with Gasteiger partial charge in [-0.3, -0.25) is 4.79 Å². The predicted octanol–water partition coefficient (Wildman–Crippen LogP) is 2.46. The molecule has 2 aliphatic carbocycles. The maximum Gasteiger partial charge on any atom is 0.234 e. The monoisotopic (exact) mass is 252 g/mol. The standard InChI is InChI=1S/C15H28N2O/c1-11-7-8-14(9-12(11)2)16-10-15(18)17-13-5-3-4-6-13/h11-14,16H,3-10H2,1-2H3,(H,17,18). The first-order valence-corrected chi connectivity index (χ1v) is 7.68. The molecule has 2 fully saturated rings. The molecule has 0 heterocycles. The summed E-state index contributed by atoms with van der Waals surface area (Å²) in [5.41, 5.74) is 0. The zero-order chi connectivity index (χ0) is 13.0. The smallest absolute Gasteiger partial charge is 0.234 e. The molecule has 2 N–H and O–H groups in total. The Morgan fingerprint density at radius 3 is 2.39 bits per heavy atom. The minimum Gasteiger partial charge on any atom is -0.352 e. The quantitative estimate of drug-likeness (QED) is 0.807. The number of amides is 1. The van der Waals surface area contributed by atoms with E-state index in [1.54, 1.807) is 0 Å². The van der Waals surface area contributed by atoms with Gasteiger partial charge in [0.2, 0.25) is 5.91 Å². The number of hydrogen-bond acceptors (Lipinski definition) is 2. The Labute approximate surface area is 111 Å². The minimum atomic E-state index is 0.188. The highest BCUT2D eigenvalue weighted by Gasteiger charge is 2.24. The zero-order valence-corrected chi connectivity index (χ0v) is 11.9. The number of carbonyl (C=O) groups excluding carboxylic acids is 1. The van der Waals surface area contributed by atoms with E-state index < -0.39 is 0 Å². The lowest BCUT2D eigenvalue weighted by atomic mass is 9.79. The van der Waals surface area contributed by atoms with Gasteiger partial charge in [0.05, 0.1) is 6.54 Å². The van der Waals surface area contributed by atoms with Crippen LogP contribution in [-0.4, -0.2) is 24.5 Å². The second kappa shape index (κ2) is 6.55. The van der Waals surface area contributed by atoms with E-state index in [0.717, 1.165) is 11.8 Å². The summed E-state index contributed by atoms with van der Waals surface area (Å²) in [6, 6.07) is 0.995. The number of hydrogen-bond donors (Lipinski definition) is 2. The fourth-order valence-corrected chi connectivity index (χ4v) is 3.32. The van der Waals surface area contributed by atoms with Crippen LogP contribution >= 0.6 is 0 Å². The Morgan fingerprint density at radius 2 is 1.72 bits per heavy atom. The number of carbonyl (C=O) groups is 1. The average Bonchev–Trinajstić information content (AvgIpc) is 2.83. The molecule has 0 aromatic carbocycles. The molecule has 3 unspecified atom stereocenters. The van der Waals surface area contributed by atoms with Gasteiger partial charge < -0.3 is 10.6 Å². The molecule has 2 rings (SSSR count). The Kier molecular flexibility index (Phi) is 5.04. The van der Waals surface area contributed by atoms with Crippen molar-refractivity contribution in [1.82, 2.24) is 10.6 Å². The Bertz CT molecular complexity index is 274. The summed E-state index contributed by atoms with van der Waals surface area (Å²) >= 11 is 0. The van der Waals surface area contributed by atoms with Gasteiger partial charge in [-0.15, -0.1) is 0 Å². The van der Waals surface area contributed by atoms with E-state index in [0.29, 0.717) is 18.6 Å². The molecule has 1 amide bonds. The molecule has 3 atom stereocenters. The second-order valence-corrected chi connectivity index (χ2v) is 6.39. The minimum absolute atomic E-state index is 0.188. The van der Waals surface area contributed by atoms with Crippen molar-refractivity contribution in [2.24, 2.45) is 11.8 Å². The van der Waals surface area contributed by atoms with E-state index in [2.05, 4.69) is 24.5 Å². The first-order chi connectivity index (χ1) is 8.65. The summed E-state index contributed by atoms with van der Waals surface area (Å²) in [6.45, 7) is 5.17. The first kappa shape index (κ1) is 13.9. The van der Waals surface area contributed by atoms with E-state index in [1.165, 1.54) is 44.9 Å². The van der Waals surface area contributed by atoms with Crippen LogP contribution in [0, 0.1) is 11.8 Å². The average molecular weight is 252 g/mol. The van der Waals surface area contributed by atoms with Crippen LogP contribution in [0.3, 0.4) is 0 Å². The van der Waals surface area contributed by atoms with Crippen molar-refractivity contribution >= 4 is 5.91 Å². The third-order valence-electron chi connectivity index (χ3n) is 4.87. The Balaban J connectivity index is 1.63. The van der Waals surface area contributed by atoms with E-state index >= 15 is 0 Å². The highest BCUT2D eigenvalue weighted by Crippen LogP contribution is 2.29. The third kappa shape index (κ3) is 3.98. The van der Waals surface area contributed by atoms with Crippen LogP contribution < -0.4 is 10.6 Å². The van der Waals surface area contributed by atoms with Gasteiger partial charge in [-0.25, -0.2) is 0 Å². The van der Waals surface area contributed by atoms with Gasteiger partial charge >= 0.3 is 0 Å². The van der Waals surface area contributed by atoms with Crippen molar-refractivity contribution in [3.8, 4) is 0 Å². The Hall–Kier alpha value is -0.570. The van der Waals surface area contributed by atoms with Crippen LogP contribution in [-0.2, 0) is 4.79 Å². The SMILES string of the molecule is CC1CCC(NCC(=O)NC2CCCC2)CC1C. The largest absolute Gasteiger partial charge is 0.352 e. The summed E-state index contributed by atoms with van der Waals surface area (Å²) in [7, 11) is 0. The van der Waals surface area contributed by atoms with E-state index in [1.807, 2.05) is 0 Å². The molecule has 18 heavy (non-hydrogen) atoms. The predicted molar refractivity (Wildman–Crippen MR) is 74.4 cm³/mol. The summed E-state index contributed by atoms with van der Waals surface area (Å²) < 4.78 is 0. The summed E-state index contributed by atoms with van der Waals surface area (Å²) in [5.74, 6) is 1.82. The fourth-order valence-electron chi connectivity index (χ4n) is 3.32. The van der Waals surface area contributed by atoms with Crippen LogP contribution in [0.2, 0.25) is 0 Å². The molecule has 104 valence electrons. The van der Waals surface area contributed by atoms with E-state index in [4.69, 9.17) is 0 Å². The lowest BCUT2D eigenvalue weighted by Crippen LogP contribution is -2.44. The maximum absolute atomic E-state index is 11.8. The maximum atomic E-state index is 11.8.